The van der Waals surface area contributed by atoms with E-state index in [1.807, 2.05) is 0 Å². The molecule has 0 bridgehead atoms. The lowest BCUT2D eigenvalue weighted by molar-refractivity contribution is -0.184. The van der Waals surface area contributed by atoms with Crippen LogP contribution in [0.3, 0.4) is 0 Å². The van der Waals surface area contributed by atoms with Gasteiger partial charge in [0.05, 0.1) is 6.10 Å². The summed E-state index contributed by atoms with van der Waals surface area (Å²) in [6.07, 6.45) is 1.37. The monoisotopic (exact) mass is 337 g/mol. The number of ether oxygens (including phenoxy) is 2. The number of pyridine rings is 1. The molecular weight excluding hydrogens is 322 g/mol. The Morgan fingerprint density at radius 1 is 1.30 bits per heavy atom. The zero-order valence-corrected chi connectivity index (χ0v) is 11.8. The molecule has 0 spiro atoms. The molecule has 1 aliphatic rings. The largest absolute Gasteiger partial charge is 0.417 e. The van der Waals surface area contributed by atoms with E-state index in [0.29, 0.717) is 18.4 Å². The van der Waals surface area contributed by atoms with Crippen LogP contribution in [-0.2, 0) is 11.3 Å². The lowest BCUT2D eigenvalue weighted by Crippen LogP contribution is -2.51. The number of nitrogens with zero attached hydrogens (tertiary/aromatic N) is 1. The Morgan fingerprint density at radius 2 is 2.04 bits per heavy atom. The lowest BCUT2D eigenvalue weighted by atomic mass is 9.89. The summed E-state index contributed by atoms with van der Waals surface area (Å²) in [5.74, 6) is -0.245. The number of alkyl halides is 4. The lowest BCUT2D eigenvalue weighted by Gasteiger charge is -2.35. The van der Waals surface area contributed by atoms with Crippen molar-refractivity contribution < 1.29 is 31.8 Å². The highest BCUT2D eigenvalue weighted by Gasteiger charge is 2.32. The third kappa shape index (κ3) is 5.89. The summed E-state index contributed by atoms with van der Waals surface area (Å²) in [6.45, 7) is -5.71. The van der Waals surface area contributed by atoms with Crippen molar-refractivity contribution in [3.63, 3.8) is 0 Å². The third-order valence-corrected chi connectivity index (χ3v) is 3.19. The molecule has 1 aliphatic carbocycles. The standard InChI is InChI=1S/C13H15F4N3O3/c14-11(15)22-9-4-8(5-9)20-13(21)19-6-7-1-2-18-10(3-7)23-12(16)17/h1-3,8-9,11-12H,4-6H2,(H2,19,20,21). The molecule has 0 aliphatic heterocycles. The fourth-order valence-corrected chi connectivity index (χ4v) is 2.07. The first-order chi connectivity index (χ1) is 10.9. The van der Waals surface area contributed by atoms with E-state index in [0.717, 1.165) is 0 Å². The SMILES string of the molecule is O=C(NCc1ccnc(OC(F)F)c1)NC1CC(OC(F)F)C1. The molecule has 128 valence electrons. The number of carbonyl (C=O) groups excluding carboxylic acids is 1. The molecule has 2 amide bonds. The quantitative estimate of drug-likeness (QED) is 0.749. The van der Waals surface area contributed by atoms with Crippen molar-refractivity contribution in [2.24, 2.45) is 0 Å². The average Bonchev–Trinajstić information content (AvgIpc) is 2.42. The third-order valence-electron chi connectivity index (χ3n) is 3.19. The Kier molecular flexibility index (Phi) is 5.97. The molecule has 6 nitrogen and oxygen atoms in total. The molecule has 1 aromatic heterocycles. The van der Waals surface area contributed by atoms with Crippen molar-refractivity contribution in [3.05, 3.63) is 23.9 Å². The van der Waals surface area contributed by atoms with E-state index < -0.39 is 25.4 Å². The van der Waals surface area contributed by atoms with Crippen molar-refractivity contribution >= 4 is 6.03 Å². The number of carbonyl (C=O) groups is 1. The van der Waals surface area contributed by atoms with Gasteiger partial charge in [-0.15, -0.1) is 0 Å². The van der Waals surface area contributed by atoms with Crippen molar-refractivity contribution in [1.29, 1.82) is 0 Å². The Morgan fingerprint density at radius 3 is 2.70 bits per heavy atom. The summed E-state index contributed by atoms with van der Waals surface area (Å²) in [5, 5.41) is 5.12. The van der Waals surface area contributed by atoms with E-state index in [2.05, 4.69) is 25.1 Å². The first kappa shape index (κ1) is 17.3. The maximum absolute atomic E-state index is 12.1. The fraction of sp³-hybridized carbons (Fsp3) is 0.538. The molecule has 0 radical (unpaired) electrons. The van der Waals surface area contributed by atoms with Gasteiger partial charge in [-0.3, -0.25) is 0 Å². The highest BCUT2D eigenvalue weighted by Crippen LogP contribution is 2.25. The van der Waals surface area contributed by atoms with E-state index in [4.69, 9.17) is 0 Å². The molecule has 1 heterocycles. The van der Waals surface area contributed by atoms with Crippen LogP contribution in [-0.4, -0.2) is 36.4 Å². The van der Waals surface area contributed by atoms with Crippen LogP contribution < -0.4 is 15.4 Å². The number of aromatic nitrogens is 1. The maximum Gasteiger partial charge on any atom is 0.388 e. The summed E-state index contributed by atoms with van der Waals surface area (Å²) in [5.41, 5.74) is 0.526. The minimum absolute atomic E-state index is 0.0810. The van der Waals surface area contributed by atoms with Crippen LogP contribution in [0.1, 0.15) is 18.4 Å². The Balaban J connectivity index is 1.69. The summed E-state index contributed by atoms with van der Waals surface area (Å²) in [4.78, 5) is 15.2. The second-order valence-electron chi connectivity index (χ2n) is 4.89. The number of nitrogens with one attached hydrogen (secondary N) is 2. The van der Waals surface area contributed by atoms with Gasteiger partial charge in [0.1, 0.15) is 0 Å². The van der Waals surface area contributed by atoms with Crippen LogP contribution in [0.25, 0.3) is 0 Å². The first-order valence-electron chi connectivity index (χ1n) is 6.80. The zero-order valence-electron chi connectivity index (χ0n) is 11.8. The molecule has 0 atom stereocenters. The van der Waals surface area contributed by atoms with Crippen LogP contribution in [0.4, 0.5) is 22.4 Å². The Bertz CT molecular complexity index is 527. The highest BCUT2D eigenvalue weighted by atomic mass is 19.3. The van der Waals surface area contributed by atoms with Gasteiger partial charge in [-0.1, -0.05) is 0 Å². The molecule has 2 rings (SSSR count). The summed E-state index contributed by atoms with van der Waals surface area (Å²) in [6, 6.07) is 2.10. The molecular formula is C13H15F4N3O3. The van der Waals surface area contributed by atoms with Crippen molar-refractivity contribution in [2.45, 2.75) is 44.8 Å². The average molecular weight is 337 g/mol. The highest BCUT2D eigenvalue weighted by molar-refractivity contribution is 5.74. The fourth-order valence-electron chi connectivity index (χ4n) is 2.07. The number of halogens is 4. The van der Waals surface area contributed by atoms with E-state index in [-0.39, 0.29) is 18.5 Å². The van der Waals surface area contributed by atoms with Crippen LogP contribution in [0.15, 0.2) is 18.3 Å². The molecule has 1 fully saturated rings. The molecule has 23 heavy (non-hydrogen) atoms. The van der Waals surface area contributed by atoms with Crippen molar-refractivity contribution in [3.8, 4) is 5.88 Å². The summed E-state index contributed by atoms with van der Waals surface area (Å²) < 4.78 is 56.4. The van der Waals surface area contributed by atoms with Gasteiger partial charge in [-0.2, -0.15) is 17.6 Å². The normalized spacial score (nSPS) is 20.3. The molecule has 10 heteroatoms. The number of rotatable bonds is 7. The Hall–Kier alpha value is -2.10. The predicted molar refractivity (Wildman–Crippen MR) is 70.1 cm³/mol. The molecule has 1 saturated carbocycles. The van der Waals surface area contributed by atoms with Gasteiger partial charge in [-0.05, 0) is 24.5 Å². The van der Waals surface area contributed by atoms with Crippen molar-refractivity contribution in [1.82, 2.24) is 15.6 Å². The molecule has 0 aromatic carbocycles. The number of hydrogen-bond acceptors (Lipinski definition) is 4. The molecule has 1 aromatic rings. The van der Waals surface area contributed by atoms with Crippen molar-refractivity contribution in [2.75, 3.05) is 0 Å². The summed E-state index contributed by atoms with van der Waals surface area (Å²) >= 11 is 0. The van der Waals surface area contributed by atoms with Gasteiger partial charge in [0.25, 0.3) is 0 Å². The number of amides is 2. The van der Waals surface area contributed by atoms with Gasteiger partial charge < -0.3 is 20.1 Å². The Labute approximate surface area is 129 Å². The van der Waals surface area contributed by atoms with Gasteiger partial charge in [-0.25, -0.2) is 9.78 Å². The van der Waals surface area contributed by atoms with Gasteiger partial charge in [0.2, 0.25) is 5.88 Å². The maximum atomic E-state index is 12.1. The van der Waals surface area contributed by atoms with E-state index in [1.165, 1.54) is 18.3 Å². The molecule has 2 N–H and O–H groups in total. The second-order valence-corrected chi connectivity index (χ2v) is 4.89. The van der Waals surface area contributed by atoms with E-state index in [9.17, 15) is 22.4 Å². The van der Waals surface area contributed by atoms with Gasteiger partial charge in [0, 0.05) is 24.8 Å². The zero-order chi connectivity index (χ0) is 16.8. The predicted octanol–water partition coefficient (Wildman–Crippen LogP) is 2.25. The first-order valence-corrected chi connectivity index (χ1v) is 6.80. The van der Waals surface area contributed by atoms with Gasteiger partial charge >= 0.3 is 19.3 Å². The minimum atomic E-state index is -2.98. The van der Waals surface area contributed by atoms with E-state index >= 15 is 0 Å². The van der Waals surface area contributed by atoms with Crippen LogP contribution in [0.2, 0.25) is 0 Å². The minimum Gasteiger partial charge on any atom is -0.417 e. The van der Waals surface area contributed by atoms with E-state index in [1.54, 1.807) is 0 Å². The van der Waals surface area contributed by atoms with Crippen LogP contribution >= 0.6 is 0 Å². The molecule has 0 unspecified atom stereocenters. The number of urea groups is 1. The topological polar surface area (TPSA) is 72.5 Å². The van der Waals surface area contributed by atoms with Crippen LogP contribution in [0.5, 0.6) is 5.88 Å². The summed E-state index contributed by atoms with van der Waals surface area (Å²) in [7, 11) is 0. The van der Waals surface area contributed by atoms with Crippen LogP contribution in [0, 0.1) is 0 Å². The number of hydrogen-bond donors (Lipinski definition) is 2. The van der Waals surface area contributed by atoms with Gasteiger partial charge in [0.15, 0.2) is 0 Å². The second kappa shape index (κ2) is 7.95. The molecule has 0 saturated heterocycles. The smallest absolute Gasteiger partial charge is 0.388 e.